The van der Waals surface area contributed by atoms with Gasteiger partial charge in [-0.3, -0.25) is 0 Å². The Labute approximate surface area is 135 Å². The summed E-state index contributed by atoms with van der Waals surface area (Å²) in [5.41, 5.74) is 1.23. The zero-order chi connectivity index (χ0) is 15.4. The summed E-state index contributed by atoms with van der Waals surface area (Å²) in [7, 11) is 0. The number of hydrogen-bond acceptors (Lipinski definition) is 3. The zero-order valence-corrected chi connectivity index (χ0v) is 13.3. The van der Waals surface area contributed by atoms with E-state index in [1.54, 1.807) is 4.90 Å². The minimum atomic E-state index is -0.541. The van der Waals surface area contributed by atoms with Crippen LogP contribution in [-0.4, -0.2) is 49.6 Å². The highest BCUT2D eigenvalue weighted by molar-refractivity contribution is 6.30. The molecule has 0 unspecified atom stereocenters. The fourth-order valence-corrected chi connectivity index (χ4v) is 3.04. The third-order valence-electron chi connectivity index (χ3n) is 4.13. The monoisotopic (exact) mass is 324 g/mol. The summed E-state index contributed by atoms with van der Waals surface area (Å²) in [4.78, 5) is 13.9. The van der Waals surface area contributed by atoms with E-state index in [2.05, 4.69) is 5.32 Å². The normalized spacial score (nSPS) is 19.8. The first-order chi connectivity index (χ1) is 10.7. The van der Waals surface area contributed by atoms with Crippen molar-refractivity contribution in [3.05, 3.63) is 34.9 Å². The molecule has 3 rings (SSSR count). The van der Waals surface area contributed by atoms with Crippen LogP contribution in [0.5, 0.6) is 0 Å². The predicted octanol–water partition coefficient (Wildman–Crippen LogP) is 2.43. The van der Waals surface area contributed by atoms with E-state index in [0.29, 0.717) is 32.8 Å². The molecule has 2 amide bonds. The van der Waals surface area contributed by atoms with E-state index < -0.39 is 5.79 Å². The lowest BCUT2D eigenvalue weighted by atomic mass is 10.1. The average molecular weight is 325 g/mol. The highest BCUT2D eigenvalue weighted by Crippen LogP contribution is 2.30. The number of nitrogens with one attached hydrogen (secondary N) is 1. The van der Waals surface area contributed by atoms with Crippen molar-refractivity contribution < 1.29 is 14.3 Å². The van der Waals surface area contributed by atoms with Crippen LogP contribution >= 0.6 is 11.6 Å². The van der Waals surface area contributed by atoms with Crippen LogP contribution in [0, 0.1) is 0 Å². The Morgan fingerprint density at radius 3 is 2.73 bits per heavy atom. The fraction of sp³-hybridized carbons (Fsp3) is 0.562. The van der Waals surface area contributed by atoms with Gasteiger partial charge in [-0.25, -0.2) is 4.79 Å². The first kappa shape index (κ1) is 15.6. The fourth-order valence-electron chi connectivity index (χ4n) is 2.91. The van der Waals surface area contributed by atoms with Crippen molar-refractivity contribution in [2.75, 3.05) is 32.8 Å². The summed E-state index contributed by atoms with van der Waals surface area (Å²) < 4.78 is 11.2. The van der Waals surface area contributed by atoms with Gasteiger partial charge in [0.05, 0.1) is 19.8 Å². The van der Waals surface area contributed by atoms with Crippen molar-refractivity contribution in [1.82, 2.24) is 10.2 Å². The Morgan fingerprint density at radius 1 is 1.27 bits per heavy atom. The summed E-state index contributed by atoms with van der Waals surface area (Å²) in [6, 6.07) is 7.78. The summed E-state index contributed by atoms with van der Waals surface area (Å²) in [6.45, 7) is 3.11. The Balaban J connectivity index is 1.37. The maximum absolute atomic E-state index is 12.1. The number of rotatable bonds is 4. The highest BCUT2D eigenvalue weighted by Gasteiger charge is 2.44. The summed E-state index contributed by atoms with van der Waals surface area (Å²) in [5.74, 6) is -0.541. The van der Waals surface area contributed by atoms with Crippen LogP contribution in [0.2, 0.25) is 5.02 Å². The predicted molar refractivity (Wildman–Crippen MR) is 84.0 cm³/mol. The third-order valence-corrected chi connectivity index (χ3v) is 4.38. The molecule has 6 heteroatoms. The maximum atomic E-state index is 12.1. The molecule has 0 saturated carbocycles. The van der Waals surface area contributed by atoms with Crippen LogP contribution in [0.4, 0.5) is 4.79 Å². The number of halogens is 1. The Hall–Kier alpha value is -1.30. The number of hydrogen-bond donors (Lipinski definition) is 1. The molecule has 0 atom stereocenters. The Bertz CT molecular complexity index is 515. The number of benzene rings is 1. The molecule has 0 bridgehead atoms. The standard InChI is InChI=1S/C16H21ClN2O3/c17-14-5-3-13(4-6-14)2-1-8-18-15(20)19-9-7-16(12-19)21-10-11-22-16/h3-6H,1-2,7-12H2,(H,18,20). The molecule has 120 valence electrons. The number of urea groups is 1. The molecule has 2 fully saturated rings. The van der Waals surface area contributed by atoms with Crippen molar-refractivity contribution in [1.29, 1.82) is 0 Å². The molecule has 2 saturated heterocycles. The van der Waals surface area contributed by atoms with E-state index in [1.165, 1.54) is 5.56 Å². The van der Waals surface area contributed by atoms with Crippen LogP contribution in [0.15, 0.2) is 24.3 Å². The molecule has 1 aromatic rings. The van der Waals surface area contributed by atoms with Gasteiger partial charge in [0.1, 0.15) is 0 Å². The maximum Gasteiger partial charge on any atom is 0.317 e. The second kappa shape index (κ2) is 6.86. The lowest BCUT2D eigenvalue weighted by Crippen LogP contribution is -2.42. The first-order valence-corrected chi connectivity index (χ1v) is 8.10. The van der Waals surface area contributed by atoms with Crippen LogP contribution < -0.4 is 5.32 Å². The Kier molecular flexibility index (Phi) is 4.86. The van der Waals surface area contributed by atoms with E-state index in [1.807, 2.05) is 24.3 Å². The van der Waals surface area contributed by atoms with Crippen LogP contribution in [0.1, 0.15) is 18.4 Å². The largest absolute Gasteiger partial charge is 0.346 e. The number of ether oxygens (including phenoxy) is 2. The number of carbonyl (C=O) groups excluding carboxylic acids is 1. The van der Waals surface area contributed by atoms with E-state index in [0.717, 1.165) is 24.3 Å². The van der Waals surface area contributed by atoms with Gasteiger partial charge in [-0.05, 0) is 30.5 Å². The average Bonchev–Trinajstić information content (AvgIpc) is 3.16. The molecular weight excluding hydrogens is 304 g/mol. The van der Waals surface area contributed by atoms with Crippen molar-refractivity contribution in [3.8, 4) is 0 Å². The minimum absolute atomic E-state index is 0.0351. The second-order valence-corrected chi connectivity index (χ2v) is 6.18. The van der Waals surface area contributed by atoms with Gasteiger partial charge < -0.3 is 19.7 Å². The van der Waals surface area contributed by atoms with Crippen molar-refractivity contribution in [2.45, 2.75) is 25.0 Å². The molecule has 0 aliphatic carbocycles. The van der Waals surface area contributed by atoms with Crippen LogP contribution in [0.3, 0.4) is 0 Å². The van der Waals surface area contributed by atoms with Gasteiger partial charge in [-0.1, -0.05) is 23.7 Å². The molecule has 0 radical (unpaired) electrons. The molecule has 2 heterocycles. The van der Waals surface area contributed by atoms with Gasteiger partial charge >= 0.3 is 6.03 Å². The van der Waals surface area contributed by atoms with E-state index in [-0.39, 0.29) is 6.03 Å². The summed E-state index contributed by atoms with van der Waals surface area (Å²) in [5, 5.41) is 3.71. The molecule has 5 nitrogen and oxygen atoms in total. The van der Waals surface area contributed by atoms with Gasteiger partial charge in [-0.2, -0.15) is 0 Å². The van der Waals surface area contributed by atoms with Gasteiger partial charge in [0.15, 0.2) is 5.79 Å². The van der Waals surface area contributed by atoms with Gasteiger partial charge in [-0.15, -0.1) is 0 Å². The highest BCUT2D eigenvalue weighted by atomic mass is 35.5. The SMILES string of the molecule is O=C(NCCCc1ccc(Cl)cc1)N1CCC2(C1)OCCO2. The number of carbonyl (C=O) groups is 1. The lowest BCUT2D eigenvalue weighted by molar-refractivity contribution is -0.143. The molecule has 2 aliphatic heterocycles. The van der Waals surface area contributed by atoms with E-state index >= 15 is 0 Å². The molecular formula is C16H21ClN2O3. The van der Waals surface area contributed by atoms with Crippen molar-refractivity contribution in [2.24, 2.45) is 0 Å². The summed E-state index contributed by atoms with van der Waals surface area (Å²) >= 11 is 5.86. The number of aryl methyl sites for hydroxylation is 1. The topological polar surface area (TPSA) is 50.8 Å². The lowest BCUT2D eigenvalue weighted by Gasteiger charge is -2.22. The summed E-state index contributed by atoms with van der Waals surface area (Å²) in [6.07, 6.45) is 2.58. The van der Waals surface area contributed by atoms with Crippen LogP contribution in [-0.2, 0) is 15.9 Å². The third kappa shape index (κ3) is 3.72. The quantitative estimate of drug-likeness (QED) is 0.865. The number of amides is 2. The van der Waals surface area contributed by atoms with Crippen molar-refractivity contribution in [3.63, 3.8) is 0 Å². The Morgan fingerprint density at radius 2 is 2.00 bits per heavy atom. The molecule has 1 aromatic carbocycles. The van der Waals surface area contributed by atoms with E-state index in [4.69, 9.17) is 21.1 Å². The van der Waals surface area contributed by atoms with Crippen molar-refractivity contribution >= 4 is 17.6 Å². The van der Waals surface area contributed by atoms with E-state index in [9.17, 15) is 4.79 Å². The molecule has 1 spiro atoms. The number of nitrogens with zero attached hydrogens (tertiary/aromatic N) is 1. The molecule has 0 aromatic heterocycles. The van der Waals surface area contributed by atoms with Gasteiger partial charge in [0.2, 0.25) is 0 Å². The molecule has 2 aliphatic rings. The van der Waals surface area contributed by atoms with Crippen LogP contribution in [0.25, 0.3) is 0 Å². The smallest absolute Gasteiger partial charge is 0.317 e. The first-order valence-electron chi connectivity index (χ1n) is 7.72. The zero-order valence-electron chi connectivity index (χ0n) is 12.5. The minimum Gasteiger partial charge on any atom is -0.346 e. The molecule has 1 N–H and O–H groups in total. The number of likely N-dealkylation sites (tertiary alicyclic amines) is 1. The van der Waals surface area contributed by atoms with Gasteiger partial charge in [0.25, 0.3) is 0 Å². The second-order valence-electron chi connectivity index (χ2n) is 5.74. The molecule has 22 heavy (non-hydrogen) atoms. The van der Waals surface area contributed by atoms with Gasteiger partial charge in [0, 0.05) is 24.5 Å².